The van der Waals surface area contributed by atoms with Gasteiger partial charge in [-0.1, -0.05) is 6.07 Å². The third-order valence-electron chi connectivity index (χ3n) is 4.73. The lowest BCUT2D eigenvalue weighted by Gasteiger charge is -2.21. The van der Waals surface area contributed by atoms with Crippen molar-refractivity contribution in [2.45, 2.75) is 32.6 Å². The van der Waals surface area contributed by atoms with Crippen molar-refractivity contribution in [1.29, 1.82) is 0 Å². The molecule has 0 saturated carbocycles. The molecule has 1 aliphatic heterocycles. The molecule has 7 nitrogen and oxygen atoms in total. The zero-order chi connectivity index (χ0) is 19.2. The third kappa shape index (κ3) is 4.74. The van der Waals surface area contributed by atoms with Gasteiger partial charge in [-0.25, -0.2) is 9.78 Å². The van der Waals surface area contributed by atoms with E-state index in [1.54, 1.807) is 13.1 Å². The molecule has 1 amide bonds. The Morgan fingerprint density at radius 2 is 2.00 bits per heavy atom. The Kier molecular flexibility index (Phi) is 6.24. The van der Waals surface area contributed by atoms with Crippen LogP contribution in [0.1, 0.15) is 46.0 Å². The van der Waals surface area contributed by atoms with E-state index in [2.05, 4.69) is 15.6 Å². The van der Waals surface area contributed by atoms with Crippen LogP contribution in [0.4, 0.5) is 5.82 Å². The summed E-state index contributed by atoms with van der Waals surface area (Å²) >= 11 is 0. The Hall–Kier alpha value is -2.67. The molecule has 3 heterocycles. The zero-order valence-corrected chi connectivity index (χ0v) is 15.7. The number of nitrogens with one attached hydrogen (secondary N) is 2. The SMILES string of the molecule is Cc1cccnc1NCCNC(=O)c1c(C)cc(C2CCOCC2)oc1=O. The number of pyridine rings is 1. The predicted molar refractivity (Wildman–Crippen MR) is 102 cm³/mol. The molecular weight excluding hydrogens is 346 g/mol. The first-order chi connectivity index (χ1) is 13.1. The lowest BCUT2D eigenvalue weighted by molar-refractivity contribution is 0.0795. The number of aromatic nitrogens is 1. The molecule has 27 heavy (non-hydrogen) atoms. The molecule has 2 N–H and O–H groups in total. The van der Waals surface area contributed by atoms with Gasteiger partial charge in [0.25, 0.3) is 5.91 Å². The predicted octanol–water partition coefficient (Wildman–Crippen LogP) is 2.39. The van der Waals surface area contributed by atoms with Crippen LogP contribution in [0.15, 0.2) is 33.6 Å². The number of nitrogens with zero attached hydrogens (tertiary/aromatic N) is 1. The number of carbonyl (C=O) groups is 1. The molecule has 1 saturated heterocycles. The maximum absolute atomic E-state index is 12.4. The van der Waals surface area contributed by atoms with Gasteiger partial charge in [0, 0.05) is 38.4 Å². The second-order valence-corrected chi connectivity index (χ2v) is 6.73. The molecule has 7 heteroatoms. The minimum atomic E-state index is -0.581. The lowest BCUT2D eigenvalue weighted by Crippen LogP contribution is -2.33. The van der Waals surface area contributed by atoms with Gasteiger partial charge in [0.2, 0.25) is 0 Å². The molecule has 2 aromatic heterocycles. The topological polar surface area (TPSA) is 93.5 Å². The van der Waals surface area contributed by atoms with E-state index in [0.717, 1.165) is 24.2 Å². The Morgan fingerprint density at radius 1 is 1.22 bits per heavy atom. The minimum Gasteiger partial charge on any atom is -0.427 e. The van der Waals surface area contributed by atoms with Crippen molar-refractivity contribution in [3.63, 3.8) is 0 Å². The summed E-state index contributed by atoms with van der Waals surface area (Å²) in [5.74, 6) is 1.18. The second kappa shape index (κ2) is 8.81. The molecule has 1 aliphatic rings. The van der Waals surface area contributed by atoms with Crippen LogP contribution in [0.25, 0.3) is 0 Å². The van der Waals surface area contributed by atoms with E-state index >= 15 is 0 Å². The van der Waals surface area contributed by atoms with E-state index in [-0.39, 0.29) is 11.5 Å². The number of hydrogen-bond acceptors (Lipinski definition) is 6. The van der Waals surface area contributed by atoms with E-state index < -0.39 is 11.5 Å². The first-order valence-electron chi connectivity index (χ1n) is 9.22. The van der Waals surface area contributed by atoms with Crippen molar-refractivity contribution in [3.05, 3.63) is 57.3 Å². The first-order valence-corrected chi connectivity index (χ1v) is 9.22. The van der Waals surface area contributed by atoms with Crippen LogP contribution < -0.4 is 16.3 Å². The number of carbonyl (C=O) groups excluding carboxylic acids is 1. The Morgan fingerprint density at radius 3 is 2.70 bits per heavy atom. The average Bonchev–Trinajstić information content (AvgIpc) is 2.66. The van der Waals surface area contributed by atoms with E-state index in [0.29, 0.717) is 37.6 Å². The largest absolute Gasteiger partial charge is 0.427 e. The van der Waals surface area contributed by atoms with Gasteiger partial charge >= 0.3 is 5.63 Å². The minimum absolute atomic E-state index is 0.0693. The highest BCUT2D eigenvalue weighted by molar-refractivity contribution is 5.95. The molecule has 0 spiro atoms. The van der Waals surface area contributed by atoms with Crippen molar-refractivity contribution in [2.24, 2.45) is 0 Å². The van der Waals surface area contributed by atoms with Gasteiger partial charge in [0.1, 0.15) is 17.1 Å². The fourth-order valence-corrected chi connectivity index (χ4v) is 3.21. The fraction of sp³-hybridized carbons (Fsp3) is 0.450. The maximum atomic E-state index is 12.4. The molecule has 0 aliphatic carbocycles. The van der Waals surface area contributed by atoms with Crippen molar-refractivity contribution < 1.29 is 13.9 Å². The number of amides is 1. The van der Waals surface area contributed by atoms with E-state index in [1.165, 1.54) is 0 Å². The molecule has 0 unspecified atom stereocenters. The molecule has 1 fully saturated rings. The maximum Gasteiger partial charge on any atom is 0.349 e. The zero-order valence-electron chi connectivity index (χ0n) is 15.7. The summed E-state index contributed by atoms with van der Waals surface area (Å²) in [5, 5.41) is 5.92. The highest BCUT2D eigenvalue weighted by Gasteiger charge is 2.22. The Labute approximate surface area is 158 Å². The van der Waals surface area contributed by atoms with Crippen LogP contribution in [-0.4, -0.2) is 37.2 Å². The van der Waals surface area contributed by atoms with Crippen LogP contribution >= 0.6 is 0 Å². The summed E-state index contributed by atoms with van der Waals surface area (Å²) in [6.45, 7) is 5.94. The van der Waals surface area contributed by atoms with E-state index in [1.807, 2.05) is 25.1 Å². The molecule has 0 bridgehead atoms. The van der Waals surface area contributed by atoms with Gasteiger partial charge in [0.05, 0.1) is 0 Å². The summed E-state index contributed by atoms with van der Waals surface area (Å²) in [6.07, 6.45) is 3.36. The van der Waals surface area contributed by atoms with Gasteiger partial charge in [-0.2, -0.15) is 0 Å². The van der Waals surface area contributed by atoms with Gasteiger partial charge in [-0.3, -0.25) is 4.79 Å². The van der Waals surface area contributed by atoms with Crippen molar-refractivity contribution in [1.82, 2.24) is 10.3 Å². The summed E-state index contributed by atoms with van der Waals surface area (Å²) in [5.41, 5.74) is 1.16. The quantitative estimate of drug-likeness (QED) is 0.758. The number of rotatable bonds is 6. The number of anilines is 1. The van der Waals surface area contributed by atoms with Gasteiger partial charge in [0.15, 0.2) is 0 Å². The van der Waals surface area contributed by atoms with Crippen molar-refractivity contribution >= 4 is 11.7 Å². The van der Waals surface area contributed by atoms with Crippen LogP contribution in [0.3, 0.4) is 0 Å². The van der Waals surface area contributed by atoms with Gasteiger partial charge in [-0.05, 0) is 49.9 Å². The number of hydrogen-bond donors (Lipinski definition) is 2. The van der Waals surface area contributed by atoms with E-state index in [9.17, 15) is 9.59 Å². The van der Waals surface area contributed by atoms with Crippen molar-refractivity contribution in [2.75, 3.05) is 31.6 Å². The molecule has 0 aromatic carbocycles. The summed E-state index contributed by atoms with van der Waals surface area (Å²) in [7, 11) is 0. The monoisotopic (exact) mass is 371 g/mol. The second-order valence-electron chi connectivity index (χ2n) is 6.73. The lowest BCUT2D eigenvalue weighted by atomic mass is 9.95. The third-order valence-corrected chi connectivity index (χ3v) is 4.73. The fourth-order valence-electron chi connectivity index (χ4n) is 3.21. The number of ether oxygens (including phenoxy) is 1. The highest BCUT2D eigenvalue weighted by atomic mass is 16.5. The van der Waals surface area contributed by atoms with Crippen LogP contribution in [-0.2, 0) is 4.74 Å². The van der Waals surface area contributed by atoms with Gasteiger partial charge < -0.3 is 19.8 Å². The first kappa shape index (κ1) is 19.1. The standard InChI is InChI=1S/C20H25N3O4/c1-13-4-3-7-21-18(13)22-8-9-23-19(24)17-14(2)12-16(27-20(17)25)15-5-10-26-11-6-15/h3-4,7,12,15H,5-6,8-11H2,1-2H3,(H,21,22)(H,23,24). The molecular formula is C20H25N3O4. The van der Waals surface area contributed by atoms with Crippen LogP contribution in [0.5, 0.6) is 0 Å². The van der Waals surface area contributed by atoms with Crippen molar-refractivity contribution in [3.8, 4) is 0 Å². The van der Waals surface area contributed by atoms with Gasteiger partial charge in [-0.15, -0.1) is 0 Å². The Bertz CT molecular complexity index is 857. The van der Waals surface area contributed by atoms with E-state index in [4.69, 9.17) is 9.15 Å². The summed E-state index contributed by atoms with van der Waals surface area (Å²) < 4.78 is 10.8. The molecule has 3 rings (SSSR count). The van der Waals surface area contributed by atoms with Crippen LogP contribution in [0, 0.1) is 13.8 Å². The Balaban J connectivity index is 1.59. The summed E-state index contributed by atoms with van der Waals surface area (Å²) in [6, 6.07) is 5.64. The molecule has 0 radical (unpaired) electrons. The normalized spacial score (nSPS) is 14.7. The van der Waals surface area contributed by atoms with Crippen LogP contribution in [0.2, 0.25) is 0 Å². The molecule has 2 aromatic rings. The molecule has 0 atom stereocenters. The number of aryl methyl sites for hydroxylation is 2. The summed E-state index contributed by atoms with van der Waals surface area (Å²) in [4.78, 5) is 29.0. The highest BCUT2D eigenvalue weighted by Crippen LogP contribution is 2.27. The average molecular weight is 371 g/mol. The smallest absolute Gasteiger partial charge is 0.349 e. The molecule has 144 valence electrons.